The molecule has 0 unspecified atom stereocenters. The first-order valence-electron chi connectivity index (χ1n) is 11.0. The number of hydrogen-bond donors (Lipinski definition) is 4. The second-order valence-electron chi connectivity index (χ2n) is 10.6. The monoisotopic (exact) mass is 454 g/mol. The maximum atomic E-state index is 13.7. The lowest BCUT2D eigenvalue weighted by molar-refractivity contribution is -0.178. The number of phenolic OH excluding ortho intramolecular Hbond substituents is 2. The van der Waals surface area contributed by atoms with E-state index in [9.17, 15) is 25.2 Å². The Bertz CT molecular complexity index is 1270. The summed E-state index contributed by atoms with van der Waals surface area (Å²) in [5.41, 5.74) is 0.0527. The molecule has 2 aromatic rings. The summed E-state index contributed by atoms with van der Waals surface area (Å²) in [4.78, 5) is 13.7. The largest absolute Gasteiger partial charge is 0.507 e. The first-order valence-corrected chi connectivity index (χ1v) is 11.0. The molecule has 0 radical (unpaired) electrons. The number of aryl methyl sites for hydroxylation is 1. The van der Waals surface area contributed by atoms with Crippen LogP contribution in [0.1, 0.15) is 77.5 Å². The van der Waals surface area contributed by atoms with E-state index in [0.717, 1.165) is 0 Å². The molecule has 1 fully saturated rings. The van der Waals surface area contributed by atoms with Crippen LogP contribution < -0.4 is 4.74 Å². The fourth-order valence-corrected chi connectivity index (χ4v) is 5.97. The summed E-state index contributed by atoms with van der Waals surface area (Å²) in [5.74, 6) is -2.48. The van der Waals surface area contributed by atoms with Gasteiger partial charge in [-0.15, -0.1) is 0 Å². The van der Waals surface area contributed by atoms with Gasteiger partial charge in [0.25, 0.3) is 0 Å². The Morgan fingerprint density at radius 2 is 1.73 bits per heavy atom. The van der Waals surface area contributed by atoms with Crippen molar-refractivity contribution in [2.45, 2.75) is 76.3 Å². The maximum Gasteiger partial charge on any atom is 0.225 e. The van der Waals surface area contributed by atoms with Crippen LogP contribution in [-0.4, -0.2) is 49.6 Å². The summed E-state index contributed by atoms with van der Waals surface area (Å²) in [6.45, 7) is 8.61. The van der Waals surface area contributed by atoms with E-state index in [2.05, 4.69) is 0 Å². The van der Waals surface area contributed by atoms with Gasteiger partial charge in [0, 0.05) is 29.2 Å². The number of ether oxygens (including phenoxy) is 3. The molecule has 0 aromatic heterocycles. The first kappa shape index (κ1) is 20.9. The fraction of sp³-hybridized carbons (Fsp3) is 0.480. The Morgan fingerprint density at radius 1 is 1.09 bits per heavy atom. The van der Waals surface area contributed by atoms with Crippen LogP contribution in [-0.2, 0) is 21.7 Å². The SMILES string of the molecule is Cc1cc(O)c2c3c1[C@H](O)[C@H]1O[C@@]3(OC1(C)C)c1c3c(cc(O)c1C2=O)O[C@@H](C(C)(C)O)C3. The van der Waals surface area contributed by atoms with Crippen LogP contribution in [0.2, 0.25) is 0 Å². The number of rotatable bonds is 1. The Labute approximate surface area is 190 Å². The van der Waals surface area contributed by atoms with Crippen molar-refractivity contribution < 1.29 is 39.4 Å². The number of phenols is 2. The molecule has 3 heterocycles. The summed E-state index contributed by atoms with van der Waals surface area (Å²) in [6, 6.07) is 2.81. The number of fused-ring (bicyclic) bond motifs is 4. The molecule has 4 atom stereocenters. The van der Waals surface area contributed by atoms with E-state index in [1.807, 2.05) is 0 Å². The Morgan fingerprint density at radius 3 is 2.39 bits per heavy atom. The molecule has 1 spiro atoms. The third-order valence-electron chi connectivity index (χ3n) is 7.45. The van der Waals surface area contributed by atoms with E-state index >= 15 is 0 Å². The second kappa shape index (κ2) is 5.88. The predicted octanol–water partition coefficient (Wildman–Crippen LogP) is 2.47. The van der Waals surface area contributed by atoms with Crippen LogP contribution in [0, 0.1) is 6.92 Å². The van der Waals surface area contributed by atoms with Gasteiger partial charge >= 0.3 is 0 Å². The van der Waals surface area contributed by atoms with Crippen molar-refractivity contribution in [3.63, 3.8) is 0 Å². The lowest BCUT2D eigenvalue weighted by Crippen LogP contribution is -2.44. The van der Waals surface area contributed by atoms with Gasteiger partial charge in [0.1, 0.15) is 35.6 Å². The number of hydrogen-bond acceptors (Lipinski definition) is 8. The fourth-order valence-electron chi connectivity index (χ4n) is 5.97. The normalized spacial score (nSPS) is 30.5. The Balaban J connectivity index is 1.74. The number of aliphatic hydroxyl groups is 2. The van der Waals surface area contributed by atoms with E-state index in [4.69, 9.17) is 14.2 Å². The van der Waals surface area contributed by atoms with Crippen molar-refractivity contribution in [2.75, 3.05) is 0 Å². The van der Waals surface area contributed by atoms with Crippen LogP contribution >= 0.6 is 0 Å². The zero-order valence-electron chi connectivity index (χ0n) is 19.0. The highest BCUT2D eigenvalue weighted by Gasteiger charge is 2.66. The van der Waals surface area contributed by atoms with Gasteiger partial charge in [-0.1, -0.05) is 0 Å². The number of ketones is 1. The van der Waals surface area contributed by atoms with E-state index < -0.39 is 41.1 Å². The minimum absolute atomic E-state index is 0.0285. The number of aliphatic hydroxyl groups excluding tert-OH is 1. The van der Waals surface area contributed by atoms with Crippen LogP contribution in [0.25, 0.3) is 0 Å². The van der Waals surface area contributed by atoms with Crippen molar-refractivity contribution in [2.24, 2.45) is 0 Å². The molecule has 2 bridgehead atoms. The summed E-state index contributed by atoms with van der Waals surface area (Å²) >= 11 is 0. The maximum absolute atomic E-state index is 13.7. The molecule has 1 saturated heterocycles. The molecule has 4 N–H and O–H groups in total. The van der Waals surface area contributed by atoms with Gasteiger partial charge in [-0.05, 0) is 51.8 Å². The highest BCUT2D eigenvalue weighted by Crippen LogP contribution is 2.63. The minimum atomic E-state index is -1.63. The average Bonchev–Trinajstić information content (AvgIpc) is 3.21. The summed E-state index contributed by atoms with van der Waals surface area (Å²) in [7, 11) is 0. The summed E-state index contributed by atoms with van der Waals surface area (Å²) in [5, 5.41) is 43.6. The van der Waals surface area contributed by atoms with Gasteiger partial charge in [-0.2, -0.15) is 0 Å². The zero-order valence-corrected chi connectivity index (χ0v) is 19.0. The third-order valence-corrected chi connectivity index (χ3v) is 7.45. The second-order valence-corrected chi connectivity index (χ2v) is 10.6. The standard InChI is InChI=1S/C25H26O8/c1-9-6-11(26)17-19-15(9)21(29)22-24(4,5)33-25(19,32-22)18-10-7-14(23(2,3)30)31-13(10)8-12(27)16(18)20(17)28/h6,8,14,21-22,26-27,29-30H,7H2,1-5H3/t14-,21+,22-,25-/m1/s1. The van der Waals surface area contributed by atoms with Gasteiger partial charge in [0.2, 0.25) is 11.6 Å². The van der Waals surface area contributed by atoms with Crippen molar-refractivity contribution in [3.8, 4) is 17.2 Å². The van der Waals surface area contributed by atoms with E-state index in [0.29, 0.717) is 28.0 Å². The smallest absolute Gasteiger partial charge is 0.225 e. The summed E-state index contributed by atoms with van der Waals surface area (Å²) in [6.07, 6.45) is -2.19. The van der Waals surface area contributed by atoms with Gasteiger partial charge in [0.15, 0.2) is 0 Å². The summed E-state index contributed by atoms with van der Waals surface area (Å²) < 4.78 is 19.0. The van der Waals surface area contributed by atoms with Crippen LogP contribution in [0.15, 0.2) is 12.1 Å². The Hall–Kier alpha value is -2.65. The van der Waals surface area contributed by atoms with Gasteiger partial charge in [-0.25, -0.2) is 0 Å². The van der Waals surface area contributed by atoms with Gasteiger partial charge < -0.3 is 34.6 Å². The highest BCUT2D eigenvalue weighted by molar-refractivity contribution is 6.17. The van der Waals surface area contributed by atoms with Gasteiger partial charge in [0.05, 0.1) is 22.3 Å². The minimum Gasteiger partial charge on any atom is -0.507 e. The van der Waals surface area contributed by atoms with Crippen LogP contribution in [0.4, 0.5) is 0 Å². The lowest BCUT2D eigenvalue weighted by atomic mass is 9.72. The third kappa shape index (κ3) is 2.36. The van der Waals surface area contributed by atoms with Crippen molar-refractivity contribution in [1.82, 2.24) is 0 Å². The number of aromatic hydroxyl groups is 2. The molecule has 8 nitrogen and oxygen atoms in total. The molecule has 33 heavy (non-hydrogen) atoms. The predicted molar refractivity (Wildman–Crippen MR) is 115 cm³/mol. The van der Waals surface area contributed by atoms with E-state index in [1.165, 1.54) is 12.1 Å². The molecular formula is C25H26O8. The topological polar surface area (TPSA) is 126 Å². The molecule has 4 aliphatic rings. The van der Waals surface area contributed by atoms with E-state index in [1.54, 1.807) is 34.6 Å². The molecule has 0 saturated carbocycles. The van der Waals surface area contributed by atoms with Crippen LogP contribution in [0.5, 0.6) is 17.2 Å². The highest BCUT2D eigenvalue weighted by atomic mass is 16.8. The zero-order chi connectivity index (χ0) is 23.8. The number of carbonyl (C=O) groups excluding carboxylic acids is 1. The van der Waals surface area contributed by atoms with Crippen LogP contribution in [0.3, 0.4) is 0 Å². The average molecular weight is 454 g/mol. The number of benzene rings is 2. The lowest BCUT2D eigenvalue weighted by Gasteiger charge is -2.42. The van der Waals surface area contributed by atoms with Crippen molar-refractivity contribution in [3.05, 3.63) is 51.1 Å². The number of carbonyl (C=O) groups is 1. The molecular weight excluding hydrogens is 428 g/mol. The quantitative estimate of drug-likeness (QED) is 0.518. The molecule has 1 aliphatic carbocycles. The Kier molecular flexibility index (Phi) is 3.73. The molecule has 174 valence electrons. The van der Waals surface area contributed by atoms with Crippen molar-refractivity contribution >= 4 is 5.78 Å². The van der Waals surface area contributed by atoms with E-state index in [-0.39, 0.29) is 34.6 Å². The first-order chi connectivity index (χ1) is 15.3. The molecule has 6 rings (SSSR count). The molecule has 2 aromatic carbocycles. The molecule has 8 heteroatoms. The van der Waals surface area contributed by atoms with Crippen molar-refractivity contribution in [1.29, 1.82) is 0 Å². The molecule has 0 amide bonds. The van der Waals surface area contributed by atoms with Gasteiger partial charge in [-0.3, -0.25) is 4.79 Å². The molecule has 3 aliphatic heterocycles.